The van der Waals surface area contributed by atoms with Gasteiger partial charge in [0.05, 0.1) is 16.7 Å². The number of nitrogens with zero attached hydrogens (tertiary/aromatic N) is 2. The molecule has 0 saturated carbocycles. The van der Waals surface area contributed by atoms with Crippen molar-refractivity contribution in [1.82, 2.24) is 14.8 Å². The SMILES string of the molecule is Cn1cc(-c2c(Cl)ccc3c(S(=O)(=O)Cl)c[nH]c23)cn1. The molecule has 0 aliphatic heterocycles. The highest BCUT2D eigenvalue weighted by atomic mass is 35.7. The molecule has 0 fully saturated rings. The van der Waals surface area contributed by atoms with Gasteiger partial charge in [-0.15, -0.1) is 0 Å². The molecule has 0 atom stereocenters. The van der Waals surface area contributed by atoms with E-state index in [0.29, 0.717) is 21.5 Å². The van der Waals surface area contributed by atoms with Crippen molar-refractivity contribution in [1.29, 1.82) is 0 Å². The largest absolute Gasteiger partial charge is 0.359 e. The van der Waals surface area contributed by atoms with Gasteiger partial charge in [-0.25, -0.2) is 8.42 Å². The van der Waals surface area contributed by atoms with Crippen molar-refractivity contribution in [3.8, 4) is 11.1 Å². The lowest BCUT2D eigenvalue weighted by Crippen LogP contribution is -1.88. The second-order valence-corrected chi connectivity index (χ2v) is 7.28. The number of aryl methyl sites for hydroxylation is 1. The van der Waals surface area contributed by atoms with Crippen molar-refractivity contribution < 1.29 is 8.42 Å². The summed E-state index contributed by atoms with van der Waals surface area (Å²) < 4.78 is 24.7. The zero-order chi connectivity index (χ0) is 14.5. The summed E-state index contributed by atoms with van der Waals surface area (Å²) in [5.41, 5.74) is 2.11. The average Bonchev–Trinajstić information content (AvgIpc) is 2.94. The van der Waals surface area contributed by atoms with E-state index in [9.17, 15) is 8.42 Å². The number of aromatic nitrogens is 3. The third-order valence-electron chi connectivity index (χ3n) is 3.02. The number of aromatic amines is 1. The summed E-state index contributed by atoms with van der Waals surface area (Å²) in [5.74, 6) is 0. The predicted octanol–water partition coefficient (Wildman–Crippen LogP) is 3.15. The first kappa shape index (κ1) is 13.5. The van der Waals surface area contributed by atoms with Crippen molar-refractivity contribution >= 4 is 42.2 Å². The average molecular weight is 330 g/mol. The Bertz CT molecular complexity index is 912. The van der Waals surface area contributed by atoms with Gasteiger partial charge < -0.3 is 4.98 Å². The molecule has 0 unspecified atom stereocenters. The monoisotopic (exact) mass is 329 g/mol. The minimum Gasteiger partial charge on any atom is -0.359 e. The number of rotatable bonds is 2. The fraction of sp³-hybridized carbons (Fsp3) is 0.0833. The van der Waals surface area contributed by atoms with Crippen molar-refractivity contribution in [3.63, 3.8) is 0 Å². The van der Waals surface area contributed by atoms with Crippen LogP contribution in [-0.2, 0) is 16.1 Å². The Morgan fingerprint density at radius 3 is 2.70 bits per heavy atom. The lowest BCUT2D eigenvalue weighted by molar-refractivity contribution is 0.610. The van der Waals surface area contributed by atoms with Crippen molar-refractivity contribution in [3.05, 3.63) is 35.7 Å². The van der Waals surface area contributed by atoms with Gasteiger partial charge in [-0.1, -0.05) is 11.6 Å². The Labute approximate surface area is 124 Å². The third kappa shape index (κ3) is 2.09. The van der Waals surface area contributed by atoms with Crippen LogP contribution in [0.15, 0.2) is 35.6 Å². The van der Waals surface area contributed by atoms with Crippen LogP contribution in [-0.4, -0.2) is 23.2 Å². The van der Waals surface area contributed by atoms with Crippen LogP contribution in [0.1, 0.15) is 0 Å². The molecule has 5 nitrogen and oxygen atoms in total. The molecule has 0 aliphatic rings. The molecule has 3 aromatic rings. The molecule has 1 aromatic carbocycles. The van der Waals surface area contributed by atoms with E-state index >= 15 is 0 Å². The van der Waals surface area contributed by atoms with Gasteiger partial charge in [0.2, 0.25) is 0 Å². The summed E-state index contributed by atoms with van der Waals surface area (Å²) in [7, 11) is 3.40. The predicted molar refractivity (Wildman–Crippen MR) is 78.5 cm³/mol. The molecule has 0 aliphatic carbocycles. The molecule has 104 valence electrons. The number of benzene rings is 1. The van der Waals surface area contributed by atoms with Gasteiger partial charge in [-0.2, -0.15) is 5.10 Å². The van der Waals surface area contributed by atoms with E-state index in [2.05, 4.69) is 10.1 Å². The summed E-state index contributed by atoms with van der Waals surface area (Å²) in [6, 6.07) is 3.27. The molecule has 2 aromatic heterocycles. The summed E-state index contributed by atoms with van der Waals surface area (Å²) in [4.78, 5) is 2.96. The topological polar surface area (TPSA) is 67.8 Å². The standard InChI is InChI=1S/C12H9Cl2N3O2S/c1-17-6-7(4-16-17)11-9(13)3-2-8-10(20(14,18)19)5-15-12(8)11/h2-6,15H,1H3. The number of halogens is 2. The van der Waals surface area contributed by atoms with Crippen LogP contribution >= 0.6 is 22.3 Å². The fourth-order valence-electron chi connectivity index (χ4n) is 2.18. The van der Waals surface area contributed by atoms with E-state index in [1.54, 1.807) is 36.3 Å². The van der Waals surface area contributed by atoms with Crippen LogP contribution in [0.5, 0.6) is 0 Å². The Balaban J connectivity index is 2.38. The van der Waals surface area contributed by atoms with Gasteiger partial charge in [-0.3, -0.25) is 4.68 Å². The Morgan fingerprint density at radius 2 is 2.10 bits per heavy atom. The maximum absolute atomic E-state index is 11.5. The van der Waals surface area contributed by atoms with E-state index < -0.39 is 9.05 Å². The molecule has 3 rings (SSSR count). The first-order valence-corrected chi connectivity index (χ1v) is 8.30. The first-order chi connectivity index (χ1) is 9.38. The molecule has 0 saturated heterocycles. The molecular weight excluding hydrogens is 321 g/mol. The second-order valence-electron chi connectivity index (χ2n) is 4.34. The van der Waals surface area contributed by atoms with E-state index in [1.807, 2.05) is 0 Å². The highest BCUT2D eigenvalue weighted by Gasteiger charge is 2.20. The third-order valence-corrected chi connectivity index (χ3v) is 4.70. The van der Waals surface area contributed by atoms with Gasteiger partial charge >= 0.3 is 0 Å². The van der Waals surface area contributed by atoms with Crippen LogP contribution in [0.4, 0.5) is 0 Å². The van der Waals surface area contributed by atoms with Gasteiger partial charge in [0, 0.05) is 46.6 Å². The van der Waals surface area contributed by atoms with Gasteiger partial charge in [0.1, 0.15) is 4.90 Å². The highest BCUT2D eigenvalue weighted by Crippen LogP contribution is 2.37. The Hall–Kier alpha value is -1.50. The Morgan fingerprint density at radius 1 is 1.35 bits per heavy atom. The van der Waals surface area contributed by atoms with Crippen LogP contribution in [0.25, 0.3) is 22.0 Å². The lowest BCUT2D eigenvalue weighted by atomic mass is 10.1. The zero-order valence-corrected chi connectivity index (χ0v) is 12.6. The summed E-state index contributed by atoms with van der Waals surface area (Å²) in [5, 5.41) is 5.10. The fourth-order valence-corrected chi connectivity index (χ4v) is 3.46. The molecule has 0 amide bonds. The van der Waals surface area contributed by atoms with E-state index in [4.69, 9.17) is 22.3 Å². The quantitative estimate of drug-likeness (QED) is 0.734. The highest BCUT2D eigenvalue weighted by molar-refractivity contribution is 8.14. The summed E-state index contributed by atoms with van der Waals surface area (Å²) in [6.07, 6.45) is 4.83. The molecule has 2 heterocycles. The summed E-state index contributed by atoms with van der Waals surface area (Å²) in [6.45, 7) is 0. The van der Waals surface area contributed by atoms with E-state index in [0.717, 1.165) is 5.56 Å². The maximum Gasteiger partial charge on any atom is 0.263 e. The molecule has 1 N–H and O–H groups in total. The number of fused-ring (bicyclic) bond motifs is 1. The van der Waals surface area contributed by atoms with Crippen LogP contribution in [0, 0.1) is 0 Å². The maximum atomic E-state index is 11.5. The van der Waals surface area contributed by atoms with Crippen molar-refractivity contribution in [2.75, 3.05) is 0 Å². The van der Waals surface area contributed by atoms with Gasteiger partial charge in [-0.05, 0) is 12.1 Å². The zero-order valence-electron chi connectivity index (χ0n) is 10.3. The second kappa shape index (κ2) is 4.51. The number of H-pyrrole nitrogens is 1. The lowest BCUT2D eigenvalue weighted by Gasteiger charge is -2.04. The number of hydrogen-bond donors (Lipinski definition) is 1. The first-order valence-electron chi connectivity index (χ1n) is 5.61. The molecular formula is C12H9Cl2N3O2S. The van der Waals surface area contributed by atoms with Crippen LogP contribution in [0.3, 0.4) is 0 Å². The molecule has 8 heteroatoms. The minimum absolute atomic E-state index is 0.0379. The molecule has 20 heavy (non-hydrogen) atoms. The van der Waals surface area contributed by atoms with Crippen LogP contribution in [0.2, 0.25) is 5.02 Å². The van der Waals surface area contributed by atoms with Crippen molar-refractivity contribution in [2.24, 2.45) is 7.05 Å². The number of hydrogen-bond acceptors (Lipinski definition) is 3. The van der Waals surface area contributed by atoms with E-state index in [1.165, 1.54) is 6.20 Å². The van der Waals surface area contributed by atoms with Crippen LogP contribution < -0.4 is 0 Å². The van der Waals surface area contributed by atoms with Gasteiger partial charge in [0.15, 0.2) is 0 Å². The smallest absolute Gasteiger partial charge is 0.263 e. The Kier molecular flexibility index (Phi) is 3.04. The summed E-state index contributed by atoms with van der Waals surface area (Å²) >= 11 is 6.23. The molecule has 0 radical (unpaired) electrons. The van der Waals surface area contributed by atoms with E-state index in [-0.39, 0.29) is 4.90 Å². The minimum atomic E-state index is -3.82. The number of nitrogens with one attached hydrogen (secondary N) is 1. The normalized spacial score (nSPS) is 12.2. The van der Waals surface area contributed by atoms with Crippen molar-refractivity contribution in [2.45, 2.75) is 4.90 Å². The van der Waals surface area contributed by atoms with Gasteiger partial charge in [0.25, 0.3) is 9.05 Å². The molecule has 0 bridgehead atoms. The molecule has 0 spiro atoms.